The summed E-state index contributed by atoms with van der Waals surface area (Å²) in [4.78, 5) is 26.7. The molecule has 1 amide bonds. The summed E-state index contributed by atoms with van der Waals surface area (Å²) in [5.74, 6) is 2.61. The largest absolute Gasteiger partial charge is 0.495 e. The third-order valence-corrected chi connectivity index (χ3v) is 10.4. The Morgan fingerprint density at radius 2 is 1.73 bits per heavy atom. The highest BCUT2D eigenvalue weighted by molar-refractivity contribution is 7.15. The number of anilines is 1. The van der Waals surface area contributed by atoms with Crippen molar-refractivity contribution in [3.05, 3.63) is 59.0 Å². The number of methoxy groups -OCH3 is 1. The maximum atomic E-state index is 14.0. The van der Waals surface area contributed by atoms with Crippen molar-refractivity contribution in [3.8, 4) is 16.2 Å². The Morgan fingerprint density at radius 3 is 2.42 bits per heavy atom. The van der Waals surface area contributed by atoms with Gasteiger partial charge in [0.15, 0.2) is 0 Å². The van der Waals surface area contributed by atoms with Crippen LogP contribution in [0.5, 0.6) is 5.75 Å². The van der Waals surface area contributed by atoms with Gasteiger partial charge in [-0.15, -0.1) is 11.3 Å². The Kier molecular flexibility index (Phi) is 8.22. The van der Waals surface area contributed by atoms with E-state index in [0.29, 0.717) is 30.6 Å². The van der Waals surface area contributed by atoms with Crippen LogP contribution >= 0.6 is 11.3 Å². The molecule has 3 aliphatic rings. The van der Waals surface area contributed by atoms with E-state index in [1.54, 1.807) is 18.4 Å². The van der Waals surface area contributed by atoms with E-state index < -0.39 is 0 Å². The average molecular weight is 560 g/mol. The van der Waals surface area contributed by atoms with Crippen molar-refractivity contribution in [1.82, 2.24) is 9.97 Å². The number of hydrogen-bond acceptors (Lipinski definition) is 6. The molecule has 212 valence electrons. The fraction of sp³-hybridized carbons (Fsp3) is 0.545. The number of nitrogens with zero attached hydrogens (tertiary/aromatic N) is 3. The van der Waals surface area contributed by atoms with Gasteiger partial charge >= 0.3 is 0 Å². The molecular weight excluding hydrogens is 518 g/mol. The maximum absolute atomic E-state index is 14.0. The summed E-state index contributed by atoms with van der Waals surface area (Å²) >= 11 is 1.79. The van der Waals surface area contributed by atoms with Crippen molar-refractivity contribution in [2.45, 2.75) is 89.1 Å². The highest BCUT2D eigenvalue weighted by Gasteiger charge is 2.33. The SMILES string of the molecule is COc1cnc([C@H]2CC[C@H](CN(c3cccc(-c4cnc(C5CC5)s4)c3)C(=O)[C@H]3CC[C@H](O)CC3)CC2)cc1C. The Labute approximate surface area is 241 Å². The number of benzene rings is 1. The molecule has 7 heteroatoms. The number of amides is 1. The van der Waals surface area contributed by atoms with Crippen molar-refractivity contribution in [2.75, 3.05) is 18.6 Å². The number of aromatic nitrogens is 2. The number of aliphatic hydroxyl groups is 1. The van der Waals surface area contributed by atoms with Gasteiger partial charge < -0.3 is 14.7 Å². The number of hydrogen-bond donors (Lipinski definition) is 1. The lowest BCUT2D eigenvalue weighted by Gasteiger charge is -2.35. The Balaban J connectivity index is 1.19. The van der Waals surface area contributed by atoms with Gasteiger partial charge in [-0.2, -0.15) is 0 Å². The number of carbonyl (C=O) groups excluding carboxylic acids is 1. The number of pyridine rings is 1. The monoisotopic (exact) mass is 559 g/mol. The zero-order valence-corrected chi connectivity index (χ0v) is 24.5. The third-order valence-electron chi connectivity index (χ3n) is 9.21. The van der Waals surface area contributed by atoms with Gasteiger partial charge in [0.25, 0.3) is 0 Å². The van der Waals surface area contributed by atoms with E-state index in [-0.39, 0.29) is 17.9 Å². The summed E-state index contributed by atoms with van der Waals surface area (Å²) in [6.45, 7) is 2.83. The first-order valence-corrected chi connectivity index (χ1v) is 15.9. The summed E-state index contributed by atoms with van der Waals surface area (Å²) < 4.78 is 5.40. The molecule has 3 aliphatic carbocycles. The first-order chi connectivity index (χ1) is 19.5. The van der Waals surface area contributed by atoms with Gasteiger partial charge in [-0.3, -0.25) is 9.78 Å². The number of carbonyl (C=O) groups is 1. The molecule has 2 aromatic heterocycles. The fourth-order valence-corrected chi connectivity index (χ4v) is 7.62. The number of aryl methyl sites for hydroxylation is 1. The first kappa shape index (κ1) is 27.4. The molecule has 6 nitrogen and oxygen atoms in total. The second kappa shape index (κ2) is 12.0. The zero-order valence-electron chi connectivity index (χ0n) is 23.7. The highest BCUT2D eigenvalue weighted by atomic mass is 32.1. The second-order valence-electron chi connectivity index (χ2n) is 12.1. The minimum atomic E-state index is -0.265. The minimum Gasteiger partial charge on any atom is -0.495 e. The molecule has 0 atom stereocenters. The summed E-state index contributed by atoms with van der Waals surface area (Å²) in [6, 6.07) is 10.7. The number of rotatable bonds is 8. The van der Waals surface area contributed by atoms with Crippen LogP contribution in [-0.4, -0.2) is 40.7 Å². The maximum Gasteiger partial charge on any atom is 0.230 e. The fourth-order valence-electron chi connectivity index (χ4n) is 6.53. The molecule has 0 aliphatic heterocycles. The molecule has 3 fully saturated rings. The lowest BCUT2D eigenvalue weighted by atomic mass is 9.79. The molecule has 1 N–H and O–H groups in total. The van der Waals surface area contributed by atoms with Crippen LogP contribution in [0.15, 0.2) is 42.7 Å². The summed E-state index contributed by atoms with van der Waals surface area (Å²) in [5, 5.41) is 11.3. The molecule has 0 radical (unpaired) electrons. The lowest BCUT2D eigenvalue weighted by Crippen LogP contribution is -2.41. The minimum absolute atomic E-state index is 0.0141. The van der Waals surface area contributed by atoms with Crippen molar-refractivity contribution >= 4 is 22.9 Å². The van der Waals surface area contributed by atoms with E-state index in [1.807, 2.05) is 12.4 Å². The van der Waals surface area contributed by atoms with Crippen molar-refractivity contribution in [2.24, 2.45) is 11.8 Å². The smallest absolute Gasteiger partial charge is 0.230 e. The first-order valence-electron chi connectivity index (χ1n) is 15.0. The molecule has 0 unspecified atom stereocenters. The van der Waals surface area contributed by atoms with Gasteiger partial charge in [0.05, 0.1) is 29.3 Å². The van der Waals surface area contributed by atoms with Crippen LogP contribution in [0.2, 0.25) is 0 Å². The molecule has 0 spiro atoms. The van der Waals surface area contributed by atoms with Gasteiger partial charge in [-0.05, 0) is 106 Å². The average Bonchev–Trinajstić information content (AvgIpc) is 3.72. The number of aliphatic hydroxyl groups excluding tert-OH is 1. The molecule has 0 saturated heterocycles. The standard InChI is InChI=1S/C33H41N3O3S/c1-21-16-29(34-18-30(21)39-2)23-8-6-22(7-9-23)20-36(33(38)25-12-14-28(37)15-13-25)27-5-3-4-26(17-27)31-19-35-32(40-31)24-10-11-24/h3-5,16-19,22-25,28,37H,6-15,20H2,1-2H3/t22-,23-,25-,28-. The molecule has 6 rings (SSSR count). The van der Waals surface area contributed by atoms with E-state index in [2.05, 4.69) is 47.1 Å². The molecular formula is C33H41N3O3S. The normalized spacial score (nSPS) is 25.0. The second-order valence-corrected chi connectivity index (χ2v) is 13.2. The van der Waals surface area contributed by atoms with Crippen molar-refractivity contribution < 1.29 is 14.6 Å². The van der Waals surface area contributed by atoms with Crippen LogP contribution < -0.4 is 9.64 Å². The highest BCUT2D eigenvalue weighted by Crippen LogP contribution is 2.44. The van der Waals surface area contributed by atoms with Crippen LogP contribution in [0.1, 0.15) is 92.3 Å². The van der Waals surface area contributed by atoms with Crippen LogP contribution in [0, 0.1) is 18.8 Å². The van der Waals surface area contributed by atoms with Crippen LogP contribution in [0.4, 0.5) is 5.69 Å². The molecule has 0 bridgehead atoms. The number of ether oxygens (including phenoxy) is 1. The summed E-state index contributed by atoms with van der Waals surface area (Å²) in [6.07, 6.45) is 13.4. The van der Waals surface area contributed by atoms with E-state index in [9.17, 15) is 9.90 Å². The zero-order chi connectivity index (χ0) is 27.6. The van der Waals surface area contributed by atoms with Gasteiger partial charge in [0.2, 0.25) is 5.91 Å². The Morgan fingerprint density at radius 1 is 0.975 bits per heavy atom. The van der Waals surface area contributed by atoms with E-state index in [0.717, 1.165) is 73.3 Å². The van der Waals surface area contributed by atoms with E-state index in [4.69, 9.17) is 9.72 Å². The lowest BCUT2D eigenvalue weighted by molar-refractivity contribution is -0.124. The van der Waals surface area contributed by atoms with Gasteiger partial charge in [0, 0.05) is 41.9 Å². The van der Waals surface area contributed by atoms with Crippen LogP contribution in [-0.2, 0) is 4.79 Å². The predicted octanol–water partition coefficient (Wildman–Crippen LogP) is 7.26. The Bertz CT molecular complexity index is 1320. The molecule has 3 saturated carbocycles. The van der Waals surface area contributed by atoms with Crippen LogP contribution in [0.3, 0.4) is 0 Å². The van der Waals surface area contributed by atoms with Gasteiger partial charge in [0.1, 0.15) is 5.75 Å². The Hall–Kier alpha value is -2.77. The van der Waals surface area contributed by atoms with E-state index >= 15 is 0 Å². The molecule has 40 heavy (non-hydrogen) atoms. The summed E-state index contributed by atoms with van der Waals surface area (Å²) in [5.41, 5.74) is 4.43. The molecule has 1 aromatic carbocycles. The molecule has 3 aromatic rings. The van der Waals surface area contributed by atoms with Crippen molar-refractivity contribution in [3.63, 3.8) is 0 Å². The van der Waals surface area contributed by atoms with E-state index in [1.165, 1.54) is 22.7 Å². The van der Waals surface area contributed by atoms with Gasteiger partial charge in [-0.1, -0.05) is 12.1 Å². The third kappa shape index (κ3) is 6.10. The molecule has 2 heterocycles. The quantitative estimate of drug-likeness (QED) is 0.314. The number of thiazole rings is 1. The summed E-state index contributed by atoms with van der Waals surface area (Å²) in [7, 11) is 1.69. The predicted molar refractivity (Wildman–Crippen MR) is 160 cm³/mol. The van der Waals surface area contributed by atoms with Gasteiger partial charge in [-0.25, -0.2) is 4.98 Å². The van der Waals surface area contributed by atoms with Crippen LogP contribution in [0.25, 0.3) is 10.4 Å². The topological polar surface area (TPSA) is 75.5 Å². The van der Waals surface area contributed by atoms with Crippen molar-refractivity contribution in [1.29, 1.82) is 0 Å².